The molecule has 0 saturated carbocycles. The van der Waals surface area contributed by atoms with E-state index in [2.05, 4.69) is 25.2 Å². The Balaban J connectivity index is 2.48. The number of para-hydroxylation sites is 1. The summed E-state index contributed by atoms with van der Waals surface area (Å²) in [4.78, 5) is 0. The van der Waals surface area contributed by atoms with Gasteiger partial charge < -0.3 is 10.4 Å². The summed E-state index contributed by atoms with van der Waals surface area (Å²) in [5.41, 5.74) is 2.20. The molecule has 1 heterocycles. The van der Waals surface area contributed by atoms with Crippen LogP contribution in [0.5, 0.6) is 5.75 Å². The van der Waals surface area contributed by atoms with Crippen molar-refractivity contribution >= 4 is 5.69 Å². The smallest absolute Gasteiger partial charge is 0.138 e. The number of benzene rings is 1. The summed E-state index contributed by atoms with van der Waals surface area (Å²) in [7, 11) is 0. The molecular weight excluding hydrogens is 150 g/mol. The van der Waals surface area contributed by atoms with Crippen LogP contribution in [0.3, 0.4) is 0 Å². The van der Waals surface area contributed by atoms with Gasteiger partial charge in [-0.2, -0.15) is 0 Å². The lowest BCUT2D eigenvalue weighted by molar-refractivity contribution is 0.476. The zero-order valence-corrected chi connectivity index (χ0v) is 7.39. The molecule has 0 aliphatic carbocycles. The van der Waals surface area contributed by atoms with Crippen molar-refractivity contribution in [1.29, 1.82) is 0 Å². The van der Waals surface area contributed by atoms with Crippen molar-refractivity contribution < 1.29 is 5.11 Å². The van der Waals surface area contributed by atoms with Crippen molar-refractivity contribution in [2.75, 3.05) is 5.32 Å². The van der Waals surface area contributed by atoms with Crippen molar-refractivity contribution in [1.82, 2.24) is 0 Å². The first-order chi connectivity index (χ1) is 5.58. The zero-order valence-electron chi connectivity index (χ0n) is 7.39. The van der Waals surface area contributed by atoms with Crippen molar-refractivity contribution in [2.45, 2.75) is 25.8 Å². The first-order valence-electron chi connectivity index (χ1n) is 4.17. The van der Waals surface area contributed by atoms with E-state index in [9.17, 15) is 5.11 Å². The molecule has 0 saturated heterocycles. The molecule has 2 heteroatoms. The number of hydrogen-bond donors (Lipinski definition) is 2. The molecule has 0 bridgehead atoms. The van der Waals surface area contributed by atoms with Crippen LogP contribution >= 0.6 is 0 Å². The minimum Gasteiger partial charge on any atom is -0.506 e. The quantitative estimate of drug-likeness (QED) is 0.574. The van der Waals surface area contributed by atoms with Crippen LogP contribution in [0.1, 0.15) is 19.4 Å². The van der Waals surface area contributed by atoms with Crippen molar-refractivity contribution in [3.8, 4) is 5.75 Å². The zero-order chi connectivity index (χ0) is 8.77. The number of rotatable bonds is 0. The van der Waals surface area contributed by atoms with Crippen LogP contribution in [0.15, 0.2) is 18.2 Å². The van der Waals surface area contributed by atoms with E-state index >= 15 is 0 Å². The molecule has 1 aromatic carbocycles. The van der Waals surface area contributed by atoms with Gasteiger partial charge in [0.15, 0.2) is 0 Å². The van der Waals surface area contributed by atoms with Gasteiger partial charge in [-0.05, 0) is 31.9 Å². The third-order valence-electron chi connectivity index (χ3n) is 2.22. The van der Waals surface area contributed by atoms with E-state index in [0.29, 0.717) is 5.75 Å². The molecule has 0 unspecified atom stereocenters. The Hall–Kier alpha value is -1.18. The summed E-state index contributed by atoms with van der Waals surface area (Å²) in [5, 5.41) is 12.8. The Labute approximate surface area is 72.2 Å². The third-order valence-corrected chi connectivity index (χ3v) is 2.22. The molecule has 1 aromatic rings. The first-order valence-corrected chi connectivity index (χ1v) is 4.17. The summed E-state index contributed by atoms with van der Waals surface area (Å²) in [5.74, 6) is 0.359. The van der Waals surface area contributed by atoms with Gasteiger partial charge in [0.05, 0.1) is 5.69 Å². The summed E-state index contributed by atoms with van der Waals surface area (Å²) >= 11 is 0. The average Bonchev–Trinajstić information content (AvgIpc) is 2.25. The predicted molar refractivity (Wildman–Crippen MR) is 49.5 cm³/mol. The summed E-state index contributed by atoms with van der Waals surface area (Å²) in [6, 6.07) is 5.65. The molecule has 0 aromatic heterocycles. The van der Waals surface area contributed by atoms with Crippen molar-refractivity contribution in [2.24, 2.45) is 0 Å². The second-order valence-electron chi connectivity index (χ2n) is 4.00. The van der Waals surface area contributed by atoms with Gasteiger partial charge in [-0.25, -0.2) is 0 Å². The molecule has 64 valence electrons. The largest absolute Gasteiger partial charge is 0.506 e. The van der Waals surface area contributed by atoms with E-state index in [1.54, 1.807) is 6.07 Å². The Kier molecular flexibility index (Phi) is 1.34. The van der Waals surface area contributed by atoms with Gasteiger partial charge in [-0.15, -0.1) is 0 Å². The van der Waals surface area contributed by atoms with E-state index < -0.39 is 0 Å². The minimum absolute atomic E-state index is 0.0845. The number of fused-ring (bicyclic) bond motifs is 1. The average molecular weight is 163 g/mol. The monoisotopic (exact) mass is 163 g/mol. The van der Waals surface area contributed by atoms with Gasteiger partial charge in [-0.3, -0.25) is 0 Å². The number of phenols is 1. The Morgan fingerprint density at radius 1 is 1.42 bits per heavy atom. The molecule has 1 aliphatic rings. The van der Waals surface area contributed by atoms with E-state index in [1.807, 2.05) is 6.07 Å². The lowest BCUT2D eigenvalue weighted by atomic mass is 10.0. The number of phenolic OH excluding ortho intramolecular Hbond substituents is 1. The fourth-order valence-corrected chi connectivity index (χ4v) is 1.74. The number of aromatic hydroxyl groups is 1. The molecule has 12 heavy (non-hydrogen) atoms. The van der Waals surface area contributed by atoms with Crippen molar-refractivity contribution in [3.63, 3.8) is 0 Å². The summed E-state index contributed by atoms with van der Waals surface area (Å²) in [6.45, 7) is 4.26. The third kappa shape index (κ3) is 1.04. The number of anilines is 1. The highest BCUT2D eigenvalue weighted by Gasteiger charge is 2.28. The van der Waals surface area contributed by atoms with Crippen LogP contribution in [-0.2, 0) is 6.42 Å². The van der Waals surface area contributed by atoms with E-state index in [0.717, 1.165) is 12.1 Å². The molecule has 2 rings (SSSR count). The van der Waals surface area contributed by atoms with Crippen LogP contribution in [0.25, 0.3) is 0 Å². The SMILES string of the molecule is CC1(C)Cc2cccc(O)c2N1. The minimum atomic E-state index is 0.0845. The van der Waals surface area contributed by atoms with E-state index in [-0.39, 0.29) is 5.54 Å². The van der Waals surface area contributed by atoms with Gasteiger partial charge in [0.1, 0.15) is 5.75 Å². The molecule has 0 radical (unpaired) electrons. The number of hydrogen-bond acceptors (Lipinski definition) is 2. The maximum atomic E-state index is 9.50. The molecule has 0 fully saturated rings. The van der Waals surface area contributed by atoms with Crippen LogP contribution in [0.4, 0.5) is 5.69 Å². The van der Waals surface area contributed by atoms with Gasteiger partial charge in [0, 0.05) is 5.54 Å². The van der Waals surface area contributed by atoms with E-state index in [4.69, 9.17) is 0 Å². The van der Waals surface area contributed by atoms with Crippen LogP contribution in [0.2, 0.25) is 0 Å². The van der Waals surface area contributed by atoms with Gasteiger partial charge in [0.2, 0.25) is 0 Å². The lowest BCUT2D eigenvalue weighted by Crippen LogP contribution is -2.27. The summed E-state index contributed by atoms with van der Waals surface area (Å²) in [6.07, 6.45) is 0.983. The number of nitrogens with one attached hydrogen (secondary N) is 1. The maximum absolute atomic E-state index is 9.50. The van der Waals surface area contributed by atoms with E-state index in [1.165, 1.54) is 5.56 Å². The van der Waals surface area contributed by atoms with Crippen LogP contribution in [-0.4, -0.2) is 10.6 Å². The summed E-state index contributed by atoms with van der Waals surface area (Å²) < 4.78 is 0. The fourth-order valence-electron chi connectivity index (χ4n) is 1.74. The molecule has 1 aliphatic heterocycles. The lowest BCUT2D eigenvalue weighted by Gasteiger charge is -2.18. The molecular formula is C10H13NO. The molecule has 0 atom stereocenters. The maximum Gasteiger partial charge on any atom is 0.138 e. The highest BCUT2D eigenvalue weighted by atomic mass is 16.3. The highest BCUT2D eigenvalue weighted by Crippen LogP contribution is 2.37. The fraction of sp³-hybridized carbons (Fsp3) is 0.400. The molecule has 0 amide bonds. The molecule has 2 N–H and O–H groups in total. The Morgan fingerprint density at radius 3 is 2.83 bits per heavy atom. The first kappa shape index (κ1) is 7.47. The van der Waals surface area contributed by atoms with Gasteiger partial charge >= 0.3 is 0 Å². The van der Waals surface area contributed by atoms with Gasteiger partial charge in [0.25, 0.3) is 0 Å². The van der Waals surface area contributed by atoms with Gasteiger partial charge in [-0.1, -0.05) is 12.1 Å². The Bertz CT molecular complexity index is 318. The standard InChI is InChI=1S/C10H13NO/c1-10(2)6-7-4-3-5-8(12)9(7)11-10/h3-5,11-12H,6H2,1-2H3. The second-order valence-corrected chi connectivity index (χ2v) is 4.00. The highest BCUT2D eigenvalue weighted by molar-refractivity contribution is 5.66. The second kappa shape index (κ2) is 2.16. The normalized spacial score (nSPS) is 18.5. The molecule has 2 nitrogen and oxygen atoms in total. The van der Waals surface area contributed by atoms with Crippen LogP contribution in [0, 0.1) is 0 Å². The topological polar surface area (TPSA) is 32.3 Å². The van der Waals surface area contributed by atoms with Crippen LogP contribution < -0.4 is 5.32 Å². The Morgan fingerprint density at radius 2 is 2.17 bits per heavy atom. The van der Waals surface area contributed by atoms with Crippen molar-refractivity contribution in [3.05, 3.63) is 23.8 Å². The predicted octanol–water partition coefficient (Wildman–Crippen LogP) is 2.14. The molecule has 0 spiro atoms.